The van der Waals surface area contributed by atoms with Crippen molar-refractivity contribution in [2.45, 2.75) is 38.4 Å². The van der Waals surface area contributed by atoms with Crippen molar-refractivity contribution in [3.8, 4) is 0 Å². The minimum absolute atomic E-state index is 0.00490. The summed E-state index contributed by atoms with van der Waals surface area (Å²) in [7, 11) is 0. The van der Waals surface area contributed by atoms with Gasteiger partial charge in [0, 0.05) is 38.3 Å². The smallest absolute Gasteiger partial charge is 0.253 e. The monoisotopic (exact) mass is 310 g/mol. The molecule has 2 rings (SSSR count). The molecule has 0 aromatic carbocycles. The molecule has 1 fully saturated rings. The maximum atomic E-state index is 11.8. The quantitative estimate of drug-likeness (QED) is 0.368. The van der Waals surface area contributed by atoms with E-state index in [2.05, 4.69) is 5.32 Å². The highest BCUT2D eigenvalue weighted by atomic mass is 16.6. The third-order valence-corrected chi connectivity index (χ3v) is 3.75. The molecule has 122 valence electrons. The molecule has 7 nitrogen and oxygen atoms in total. The van der Waals surface area contributed by atoms with E-state index in [0.29, 0.717) is 19.8 Å². The molecule has 1 saturated heterocycles. The summed E-state index contributed by atoms with van der Waals surface area (Å²) >= 11 is 0. The van der Waals surface area contributed by atoms with E-state index < -0.39 is 0 Å². The number of amides is 3. The van der Waals surface area contributed by atoms with Crippen molar-refractivity contribution in [2.24, 2.45) is 0 Å². The molecule has 2 heterocycles. The zero-order valence-electron chi connectivity index (χ0n) is 13.0. The molecule has 2 unspecified atom stereocenters. The molecule has 2 atom stereocenters. The van der Waals surface area contributed by atoms with Gasteiger partial charge in [0.25, 0.3) is 11.8 Å². The standard InChI is InChI=1S/C15H22N2O5/c1-3-8-21-9-11-15(2,22-11)10-16-12(18)6-7-17-13(19)4-5-14(17)20/h4-5,11H,3,6-10H2,1-2H3,(H,16,18). The fourth-order valence-electron chi connectivity index (χ4n) is 2.22. The van der Waals surface area contributed by atoms with Crippen molar-refractivity contribution >= 4 is 17.7 Å². The van der Waals surface area contributed by atoms with Crippen LogP contribution < -0.4 is 5.32 Å². The van der Waals surface area contributed by atoms with Gasteiger partial charge in [-0.1, -0.05) is 6.92 Å². The largest absolute Gasteiger partial charge is 0.379 e. The Morgan fingerprint density at radius 1 is 1.41 bits per heavy atom. The van der Waals surface area contributed by atoms with Crippen LogP contribution in [0, 0.1) is 0 Å². The average molecular weight is 310 g/mol. The second-order valence-electron chi connectivity index (χ2n) is 5.68. The van der Waals surface area contributed by atoms with Gasteiger partial charge in [0.05, 0.1) is 6.61 Å². The Bertz CT molecular complexity index is 472. The number of rotatable bonds is 9. The van der Waals surface area contributed by atoms with Gasteiger partial charge >= 0.3 is 0 Å². The van der Waals surface area contributed by atoms with E-state index in [-0.39, 0.29) is 42.4 Å². The average Bonchev–Trinajstić information content (AvgIpc) is 3.02. The second-order valence-corrected chi connectivity index (χ2v) is 5.68. The summed E-state index contributed by atoms with van der Waals surface area (Å²) in [5.41, 5.74) is -0.385. The van der Waals surface area contributed by atoms with Crippen LogP contribution in [0.15, 0.2) is 12.2 Å². The second kappa shape index (κ2) is 7.02. The number of nitrogens with one attached hydrogen (secondary N) is 1. The molecular formula is C15H22N2O5. The first-order chi connectivity index (χ1) is 10.5. The highest BCUT2D eigenvalue weighted by molar-refractivity contribution is 6.13. The van der Waals surface area contributed by atoms with Crippen molar-refractivity contribution in [1.82, 2.24) is 10.2 Å². The summed E-state index contributed by atoms with van der Waals surface area (Å²) in [5, 5.41) is 2.77. The van der Waals surface area contributed by atoms with Gasteiger partial charge in [-0.25, -0.2) is 0 Å². The van der Waals surface area contributed by atoms with Gasteiger partial charge in [-0.3, -0.25) is 19.3 Å². The lowest BCUT2D eigenvalue weighted by Crippen LogP contribution is -2.38. The minimum atomic E-state index is -0.385. The molecule has 0 aliphatic carbocycles. The molecule has 7 heteroatoms. The molecule has 2 aliphatic rings. The molecule has 22 heavy (non-hydrogen) atoms. The van der Waals surface area contributed by atoms with E-state index in [1.165, 1.54) is 12.2 Å². The number of ether oxygens (including phenoxy) is 2. The first kappa shape index (κ1) is 16.6. The van der Waals surface area contributed by atoms with E-state index in [0.717, 1.165) is 11.3 Å². The van der Waals surface area contributed by atoms with E-state index >= 15 is 0 Å². The number of carbonyl (C=O) groups excluding carboxylic acids is 3. The van der Waals surface area contributed by atoms with E-state index in [1.807, 2.05) is 13.8 Å². The van der Waals surface area contributed by atoms with E-state index in [1.54, 1.807) is 0 Å². The van der Waals surface area contributed by atoms with Crippen molar-refractivity contribution in [1.29, 1.82) is 0 Å². The molecule has 2 aliphatic heterocycles. The Labute approximate surface area is 129 Å². The van der Waals surface area contributed by atoms with Gasteiger partial charge in [-0.15, -0.1) is 0 Å². The number of hydrogen-bond donors (Lipinski definition) is 1. The highest BCUT2D eigenvalue weighted by Gasteiger charge is 2.52. The maximum absolute atomic E-state index is 11.8. The molecule has 0 aromatic rings. The van der Waals surface area contributed by atoms with Crippen LogP contribution >= 0.6 is 0 Å². The van der Waals surface area contributed by atoms with Crippen LogP contribution in [0.3, 0.4) is 0 Å². The molecule has 0 saturated carbocycles. The number of epoxide rings is 1. The third kappa shape index (κ3) is 4.14. The minimum Gasteiger partial charge on any atom is -0.379 e. The fraction of sp³-hybridized carbons (Fsp3) is 0.667. The summed E-state index contributed by atoms with van der Waals surface area (Å²) in [6.45, 7) is 5.68. The predicted molar refractivity (Wildman–Crippen MR) is 77.9 cm³/mol. The molecular weight excluding hydrogens is 288 g/mol. The zero-order valence-corrected chi connectivity index (χ0v) is 13.0. The summed E-state index contributed by atoms with van der Waals surface area (Å²) < 4.78 is 11.0. The summed E-state index contributed by atoms with van der Waals surface area (Å²) in [6, 6.07) is 0. The summed E-state index contributed by atoms with van der Waals surface area (Å²) in [6.07, 6.45) is 3.47. The molecule has 3 amide bonds. The predicted octanol–water partition coefficient (Wildman–Crippen LogP) is 0.00180. The summed E-state index contributed by atoms with van der Waals surface area (Å²) in [5.74, 6) is -0.954. The molecule has 0 radical (unpaired) electrons. The van der Waals surface area contributed by atoms with Crippen LogP contribution in [0.2, 0.25) is 0 Å². The first-order valence-corrected chi connectivity index (χ1v) is 7.52. The van der Waals surface area contributed by atoms with Crippen molar-refractivity contribution in [3.63, 3.8) is 0 Å². The topological polar surface area (TPSA) is 88.2 Å². The number of imide groups is 1. The molecule has 0 spiro atoms. The van der Waals surface area contributed by atoms with Crippen LogP contribution in [0.5, 0.6) is 0 Å². The number of nitrogens with zero attached hydrogens (tertiary/aromatic N) is 1. The van der Waals surface area contributed by atoms with Gasteiger partial charge in [-0.05, 0) is 13.3 Å². The van der Waals surface area contributed by atoms with Gasteiger partial charge < -0.3 is 14.8 Å². The molecule has 0 bridgehead atoms. The Morgan fingerprint density at radius 3 is 2.73 bits per heavy atom. The van der Waals surface area contributed by atoms with Crippen LogP contribution in [-0.2, 0) is 23.9 Å². The number of hydrogen-bond acceptors (Lipinski definition) is 5. The fourth-order valence-corrected chi connectivity index (χ4v) is 2.22. The van der Waals surface area contributed by atoms with E-state index in [4.69, 9.17) is 9.47 Å². The Balaban J connectivity index is 1.62. The van der Waals surface area contributed by atoms with Crippen molar-refractivity contribution < 1.29 is 23.9 Å². The van der Waals surface area contributed by atoms with Crippen molar-refractivity contribution in [3.05, 3.63) is 12.2 Å². The van der Waals surface area contributed by atoms with Crippen molar-refractivity contribution in [2.75, 3.05) is 26.3 Å². The highest BCUT2D eigenvalue weighted by Crippen LogP contribution is 2.35. The molecule has 1 N–H and O–H groups in total. The van der Waals surface area contributed by atoms with E-state index in [9.17, 15) is 14.4 Å². The van der Waals surface area contributed by atoms with Gasteiger partial charge in [0.1, 0.15) is 11.7 Å². The van der Waals surface area contributed by atoms with Gasteiger partial charge in [-0.2, -0.15) is 0 Å². The van der Waals surface area contributed by atoms with Gasteiger partial charge in [0.15, 0.2) is 0 Å². The van der Waals surface area contributed by atoms with Crippen LogP contribution in [-0.4, -0.2) is 60.6 Å². The lowest BCUT2D eigenvalue weighted by Gasteiger charge is -2.14. The Morgan fingerprint density at radius 2 is 2.09 bits per heavy atom. The summed E-state index contributed by atoms with van der Waals surface area (Å²) in [4.78, 5) is 35.5. The lowest BCUT2D eigenvalue weighted by molar-refractivity contribution is -0.137. The zero-order chi connectivity index (χ0) is 16.2. The van der Waals surface area contributed by atoms with Gasteiger partial charge in [0.2, 0.25) is 5.91 Å². The maximum Gasteiger partial charge on any atom is 0.253 e. The number of carbonyl (C=O) groups is 3. The normalized spacial score (nSPS) is 26.6. The SMILES string of the molecule is CCCOCC1OC1(C)CNC(=O)CCN1C(=O)C=CC1=O. The first-order valence-electron chi connectivity index (χ1n) is 7.52. The lowest BCUT2D eigenvalue weighted by atomic mass is 10.1. The Kier molecular flexibility index (Phi) is 5.31. The van der Waals surface area contributed by atoms with Crippen LogP contribution in [0.25, 0.3) is 0 Å². The Hall–Kier alpha value is -1.73. The third-order valence-electron chi connectivity index (χ3n) is 3.75. The molecule has 0 aromatic heterocycles. The van der Waals surface area contributed by atoms with Crippen LogP contribution in [0.1, 0.15) is 26.7 Å². The van der Waals surface area contributed by atoms with Crippen LogP contribution in [0.4, 0.5) is 0 Å².